The fraction of sp³-hybridized carbons (Fsp3) is 0.458. The summed E-state index contributed by atoms with van der Waals surface area (Å²) in [4.78, 5) is 34.3. The largest absolute Gasteiger partial charge is 0.493 e. The van der Waals surface area contributed by atoms with Crippen LogP contribution in [-0.4, -0.2) is 42.8 Å². The van der Waals surface area contributed by atoms with Gasteiger partial charge in [-0.1, -0.05) is 32.5 Å². The minimum atomic E-state index is -0.606. The molecule has 0 saturated carbocycles. The summed E-state index contributed by atoms with van der Waals surface area (Å²) in [7, 11) is 4.62. The maximum Gasteiger partial charge on any atom is 0.257 e. The molecule has 1 aliphatic heterocycles. The summed E-state index contributed by atoms with van der Waals surface area (Å²) in [5.74, 6) is 2.04. The standard InChI is InChI=1S/C24H29N3O5S/c1-7-33-23-26-21-19(22(29)27-23)17(18-13(25-21)10-24(2,3)11-14(18)28)12-8-15(30-4)20(32-6)16(9-12)31-5/h8-9,17H,7,10-11H2,1-6H3,(H2,25,26,27,29)/t17-/m0/s1. The Bertz CT molecular complexity index is 1180. The molecule has 0 amide bonds. The highest BCUT2D eigenvalue weighted by Crippen LogP contribution is 2.50. The predicted octanol–water partition coefficient (Wildman–Crippen LogP) is 4.11. The van der Waals surface area contributed by atoms with Gasteiger partial charge in [0.15, 0.2) is 22.4 Å². The number of carbonyl (C=O) groups excluding carboxylic acids is 1. The molecular weight excluding hydrogens is 442 g/mol. The number of ketones is 1. The third-order valence-electron chi connectivity index (χ3n) is 6.00. The van der Waals surface area contributed by atoms with E-state index in [9.17, 15) is 9.59 Å². The molecule has 0 spiro atoms. The topological polar surface area (TPSA) is 103 Å². The first-order valence-electron chi connectivity index (χ1n) is 10.8. The van der Waals surface area contributed by atoms with Crippen molar-refractivity contribution < 1.29 is 19.0 Å². The first kappa shape index (κ1) is 23.2. The molecule has 1 aromatic heterocycles. The van der Waals surface area contributed by atoms with Crippen molar-refractivity contribution in [2.75, 3.05) is 32.4 Å². The second-order valence-corrected chi connectivity index (χ2v) is 10.2. The number of benzene rings is 1. The smallest absolute Gasteiger partial charge is 0.257 e. The molecule has 1 aromatic carbocycles. The van der Waals surface area contributed by atoms with Gasteiger partial charge in [-0.05, 0) is 35.3 Å². The lowest BCUT2D eigenvalue weighted by Gasteiger charge is -2.38. The Balaban J connectivity index is 2.00. The Morgan fingerprint density at radius 1 is 1.09 bits per heavy atom. The zero-order valence-corrected chi connectivity index (χ0v) is 20.6. The number of nitrogens with one attached hydrogen (secondary N) is 2. The number of aromatic amines is 1. The highest BCUT2D eigenvalue weighted by molar-refractivity contribution is 7.99. The fourth-order valence-electron chi connectivity index (χ4n) is 4.70. The second kappa shape index (κ2) is 8.78. The normalized spacial score (nSPS) is 18.8. The van der Waals surface area contributed by atoms with Crippen molar-refractivity contribution in [2.24, 2.45) is 5.41 Å². The van der Waals surface area contributed by atoms with Crippen LogP contribution in [0.5, 0.6) is 17.2 Å². The number of anilines is 1. The average Bonchev–Trinajstić information content (AvgIpc) is 2.75. The minimum Gasteiger partial charge on any atom is -0.493 e. The zero-order valence-electron chi connectivity index (χ0n) is 19.8. The van der Waals surface area contributed by atoms with Crippen LogP contribution >= 0.6 is 11.8 Å². The number of methoxy groups -OCH3 is 3. The van der Waals surface area contributed by atoms with Gasteiger partial charge in [0, 0.05) is 23.6 Å². The molecule has 0 unspecified atom stereocenters. The fourth-order valence-corrected chi connectivity index (χ4v) is 5.29. The van der Waals surface area contributed by atoms with Crippen molar-refractivity contribution in [3.05, 3.63) is 44.9 Å². The van der Waals surface area contributed by atoms with E-state index in [4.69, 9.17) is 14.2 Å². The number of nitrogens with zero attached hydrogens (tertiary/aromatic N) is 1. The van der Waals surface area contributed by atoms with Crippen LogP contribution in [0.1, 0.15) is 50.7 Å². The van der Waals surface area contributed by atoms with E-state index < -0.39 is 5.92 Å². The van der Waals surface area contributed by atoms with E-state index in [1.807, 2.05) is 6.92 Å². The molecule has 0 bridgehead atoms. The Morgan fingerprint density at radius 2 is 1.76 bits per heavy atom. The highest BCUT2D eigenvalue weighted by atomic mass is 32.2. The van der Waals surface area contributed by atoms with Gasteiger partial charge in [0.2, 0.25) is 5.75 Å². The molecule has 2 N–H and O–H groups in total. The molecule has 9 heteroatoms. The van der Waals surface area contributed by atoms with E-state index in [2.05, 4.69) is 29.1 Å². The van der Waals surface area contributed by atoms with Gasteiger partial charge >= 0.3 is 0 Å². The lowest BCUT2D eigenvalue weighted by molar-refractivity contribution is -0.118. The Labute approximate surface area is 197 Å². The van der Waals surface area contributed by atoms with Gasteiger partial charge < -0.3 is 24.5 Å². The number of thioether (sulfide) groups is 1. The maximum atomic E-state index is 13.4. The third-order valence-corrected chi connectivity index (χ3v) is 6.76. The number of Topliss-reactive ketones (excluding diaryl/α,β-unsaturated/α-hetero) is 1. The Hall–Kier alpha value is -2.94. The van der Waals surface area contributed by atoms with Crippen molar-refractivity contribution in [3.8, 4) is 17.2 Å². The average molecular weight is 472 g/mol. The summed E-state index contributed by atoms with van der Waals surface area (Å²) in [6.07, 6.45) is 1.08. The number of H-pyrrole nitrogens is 1. The van der Waals surface area contributed by atoms with E-state index in [0.717, 1.165) is 11.4 Å². The number of rotatable bonds is 6. The number of ether oxygens (including phenoxy) is 3. The molecule has 8 nitrogen and oxygen atoms in total. The summed E-state index contributed by atoms with van der Waals surface area (Å²) in [6, 6.07) is 3.60. The van der Waals surface area contributed by atoms with Gasteiger partial charge in [-0.25, -0.2) is 4.98 Å². The summed E-state index contributed by atoms with van der Waals surface area (Å²) in [5.41, 5.74) is 2.06. The SMILES string of the molecule is CCSc1nc2c(c(=O)[nH]1)[C@@H](c1cc(OC)c(OC)c(OC)c1)C1=C(CC(C)(C)CC1=O)N2. The first-order valence-corrected chi connectivity index (χ1v) is 11.8. The summed E-state index contributed by atoms with van der Waals surface area (Å²) in [6.45, 7) is 6.15. The molecule has 1 atom stereocenters. The molecule has 2 aliphatic rings. The van der Waals surface area contributed by atoms with Crippen LogP contribution in [0.2, 0.25) is 0 Å². The van der Waals surface area contributed by atoms with E-state index >= 15 is 0 Å². The van der Waals surface area contributed by atoms with Crippen LogP contribution in [0.15, 0.2) is 33.4 Å². The van der Waals surface area contributed by atoms with Gasteiger partial charge in [-0.2, -0.15) is 0 Å². The maximum absolute atomic E-state index is 13.4. The number of hydrogen-bond donors (Lipinski definition) is 2. The summed E-state index contributed by atoms with van der Waals surface area (Å²) < 4.78 is 16.6. The van der Waals surface area contributed by atoms with Crippen LogP contribution in [0.4, 0.5) is 5.82 Å². The molecule has 0 radical (unpaired) electrons. The second-order valence-electron chi connectivity index (χ2n) is 8.92. The van der Waals surface area contributed by atoms with Crippen molar-refractivity contribution >= 4 is 23.4 Å². The molecule has 33 heavy (non-hydrogen) atoms. The van der Waals surface area contributed by atoms with E-state index in [-0.39, 0.29) is 16.8 Å². The van der Waals surface area contributed by atoms with Crippen molar-refractivity contribution in [1.82, 2.24) is 9.97 Å². The Kier molecular flexibility index (Phi) is 6.18. The lowest BCUT2D eigenvalue weighted by atomic mass is 9.69. The monoisotopic (exact) mass is 471 g/mol. The number of allylic oxidation sites excluding steroid dienone is 2. The van der Waals surface area contributed by atoms with Gasteiger partial charge in [-0.3, -0.25) is 9.59 Å². The number of hydrogen-bond acceptors (Lipinski definition) is 8. The van der Waals surface area contributed by atoms with Crippen molar-refractivity contribution in [2.45, 2.75) is 44.7 Å². The minimum absolute atomic E-state index is 0.0181. The van der Waals surface area contributed by atoms with Crippen LogP contribution < -0.4 is 25.1 Å². The van der Waals surface area contributed by atoms with Crippen LogP contribution in [0.25, 0.3) is 0 Å². The van der Waals surface area contributed by atoms with Gasteiger partial charge in [0.1, 0.15) is 5.82 Å². The lowest BCUT2D eigenvalue weighted by Crippen LogP contribution is -2.37. The predicted molar refractivity (Wildman–Crippen MR) is 128 cm³/mol. The molecule has 1 aliphatic carbocycles. The summed E-state index contributed by atoms with van der Waals surface area (Å²) in [5, 5.41) is 3.88. The van der Waals surface area contributed by atoms with E-state index in [1.54, 1.807) is 26.4 Å². The molecule has 2 aromatic rings. The van der Waals surface area contributed by atoms with Gasteiger partial charge in [0.25, 0.3) is 5.56 Å². The molecule has 176 valence electrons. The van der Waals surface area contributed by atoms with E-state index in [1.165, 1.54) is 18.9 Å². The number of fused-ring (bicyclic) bond motifs is 1. The first-order chi connectivity index (χ1) is 15.7. The van der Waals surface area contributed by atoms with Crippen LogP contribution in [0, 0.1) is 5.41 Å². The van der Waals surface area contributed by atoms with Gasteiger partial charge in [0.05, 0.1) is 26.9 Å². The molecule has 0 fully saturated rings. The zero-order chi connectivity index (χ0) is 23.9. The van der Waals surface area contributed by atoms with Crippen molar-refractivity contribution in [1.29, 1.82) is 0 Å². The number of carbonyl (C=O) groups is 1. The molecule has 4 rings (SSSR count). The van der Waals surface area contributed by atoms with Gasteiger partial charge in [-0.15, -0.1) is 0 Å². The van der Waals surface area contributed by atoms with Crippen LogP contribution in [-0.2, 0) is 4.79 Å². The molecular formula is C24H29N3O5S. The van der Waals surface area contributed by atoms with E-state index in [0.29, 0.717) is 57.8 Å². The third kappa shape index (κ3) is 4.10. The Morgan fingerprint density at radius 3 is 2.33 bits per heavy atom. The number of aromatic nitrogens is 2. The molecule has 2 heterocycles. The molecule has 0 saturated heterocycles. The quantitative estimate of drug-likeness (QED) is 0.479. The summed E-state index contributed by atoms with van der Waals surface area (Å²) >= 11 is 1.46. The van der Waals surface area contributed by atoms with Crippen LogP contribution in [0.3, 0.4) is 0 Å². The highest BCUT2D eigenvalue weighted by Gasteiger charge is 2.43. The van der Waals surface area contributed by atoms with Crippen molar-refractivity contribution in [3.63, 3.8) is 0 Å².